The molecular weight excluding hydrogens is 684 g/mol. The zero-order valence-electron chi connectivity index (χ0n) is 29.5. The lowest BCUT2D eigenvalue weighted by Gasteiger charge is -2.20. The third kappa shape index (κ3) is 15.4. The van der Waals surface area contributed by atoms with E-state index in [4.69, 9.17) is 19.3 Å². The van der Waals surface area contributed by atoms with Crippen LogP contribution < -0.4 is 30.7 Å². The number of alkyl carbamates (subject to hydrolysis) is 1. The maximum Gasteiger partial charge on any atom is 0.408 e. The summed E-state index contributed by atoms with van der Waals surface area (Å²) in [5, 5.41) is 19.1. The Morgan fingerprint density at radius 1 is 0.623 bits per heavy atom. The van der Waals surface area contributed by atoms with Gasteiger partial charge in [-0.25, -0.2) is 4.79 Å². The minimum absolute atomic E-state index is 0.0673. The Balaban J connectivity index is 0.000000286. The minimum Gasteiger partial charge on any atom is -0.484 e. The molecule has 0 saturated carbocycles. The summed E-state index contributed by atoms with van der Waals surface area (Å²) in [6.45, 7) is 3.79. The molecule has 2 atom stereocenters. The van der Waals surface area contributed by atoms with Gasteiger partial charge >= 0.3 is 12.1 Å². The number of nitrogens with one attached hydrogen (secondary N) is 4. The molecule has 0 bridgehead atoms. The fourth-order valence-electron chi connectivity index (χ4n) is 4.47. The van der Waals surface area contributed by atoms with Crippen molar-refractivity contribution < 1.29 is 48.1 Å². The zero-order valence-corrected chi connectivity index (χ0v) is 29.5. The third-order valence-electron chi connectivity index (χ3n) is 7.01. The first kappa shape index (κ1) is 40.7. The number of hydrogen-bond acceptors (Lipinski definition) is 9. The van der Waals surface area contributed by atoms with Gasteiger partial charge in [-0.15, -0.1) is 0 Å². The molecule has 4 amide bonds. The molecule has 53 heavy (non-hydrogen) atoms. The molecule has 0 aromatic heterocycles. The summed E-state index contributed by atoms with van der Waals surface area (Å²) >= 11 is 0. The normalized spacial score (nSPS) is 11.2. The summed E-state index contributed by atoms with van der Waals surface area (Å²) in [6, 6.07) is 29.9. The molecule has 0 saturated heterocycles. The summed E-state index contributed by atoms with van der Waals surface area (Å²) in [7, 11) is 0. The van der Waals surface area contributed by atoms with E-state index < -0.39 is 30.1 Å². The van der Waals surface area contributed by atoms with Crippen LogP contribution in [0.1, 0.15) is 31.9 Å². The summed E-state index contributed by atoms with van der Waals surface area (Å²) in [6.07, 6.45) is -0.544. The number of aliphatic carboxylic acids is 1. The van der Waals surface area contributed by atoms with Crippen LogP contribution in [0.5, 0.6) is 11.5 Å². The van der Waals surface area contributed by atoms with Crippen LogP contribution in [0.25, 0.3) is 0 Å². The third-order valence-corrected chi connectivity index (χ3v) is 7.01. The Morgan fingerprint density at radius 2 is 1.08 bits per heavy atom. The van der Waals surface area contributed by atoms with E-state index in [1.54, 1.807) is 48.5 Å². The van der Waals surface area contributed by atoms with Crippen molar-refractivity contribution in [3.63, 3.8) is 0 Å². The van der Waals surface area contributed by atoms with Gasteiger partial charge in [-0.3, -0.25) is 24.0 Å². The molecule has 4 aromatic carbocycles. The molecule has 0 radical (unpaired) electrons. The molecule has 5 N–H and O–H groups in total. The SMILES string of the molecule is CC(=O)Nc1ccccc1OCC(=O)COc1ccccc1NC(C)=O.C[C@H](NC(=O)[C@H](Cc1ccccc1)NC(=O)OCc1ccccc1)C(=O)O. The summed E-state index contributed by atoms with van der Waals surface area (Å²) in [5.74, 6) is -1.71. The maximum absolute atomic E-state index is 12.4. The van der Waals surface area contributed by atoms with Gasteiger partial charge in [0.05, 0.1) is 11.4 Å². The van der Waals surface area contributed by atoms with Gasteiger partial charge in [-0.2, -0.15) is 0 Å². The van der Waals surface area contributed by atoms with Gasteiger partial charge in [0, 0.05) is 20.3 Å². The monoisotopic (exact) mass is 726 g/mol. The minimum atomic E-state index is -1.16. The molecule has 4 rings (SSSR count). The maximum atomic E-state index is 12.4. The fraction of sp³-hybridized carbons (Fsp3) is 0.231. The standard InChI is InChI=1S/C20H22N2O5.C19H20N2O5/c1-14(19(24)25)21-18(23)17(12-15-8-4-2-5-9-15)22-20(26)27-13-16-10-6-3-7-11-16;1-13(22)20-16-7-3-5-9-18(16)25-11-15(24)12-26-19-10-6-4-8-17(19)21-14(2)23/h2-11,14,17H,12-13H2,1H3,(H,21,23)(H,22,26)(H,24,25);3-10H,11-12H2,1-2H3,(H,20,22)(H,21,23)/t14-,17-;/m0./s1. The van der Waals surface area contributed by atoms with E-state index in [1.165, 1.54) is 20.8 Å². The lowest BCUT2D eigenvalue weighted by molar-refractivity contribution is -0.141. The molecule has 14 nitrogen and oxygen atoms in total. The van der Waals surface area contributed by atoms with E-state index in [1.807, 2.05) is 60.7 Å². The highest BCUT2D eigenvalue weighted by Crippen LogP contribution is 2.25. The van der Waals surface area contributed by atoms with Crippen LogP contribution in [0.4, 0.5) is 16.2 Å². The molecule has 0 unspecified atom stereocenters. The van der Waals surface area contributed by atoms with Gasteiger partial charge in [0.25, 0.3) is 0 Å². The van der Waals surface area contributed by atoms with Crippen LogP contribution in [0, 0.1) is 0 Å². The summed E-state index contributed by atoms with van der Waals surface area (Å²) < 4.78 is 16.1. The highest BCUT2D eigenvalue weighted by Gasteiger charge is 2.25. The van der Waals surface area contributed by atoms with Crippen LogP contribution in [-0.2, 0) is 41.7 Å². The van der Waals surface area contributed by atoms with Crippen LogP contribution >= 0.6 is 0 Å². The molecule has 4 aromatic rings. The number of anilines is 2. The van der Waals surface area contributed by atoms with Gasteiger partial charge in [0.1, 0.15) is 30.2 Å². The largest absolute Gasteiger partial charge is 0.484 e. The second-order valence-electron chi connectivity index (χ2n) is 11.5. The smallest absolute Gasteiger partial charge is 0.408 e. The molecule has 0 aliphatic heterocycles. The summed E-state index contributed by atoms with van der Waals surface area (Å²) in [5.41, 5.74) is 2.62. The van der Waals surface area contributed by atoms with Crippen LogP contribution in [0.3, 0.4) is 0 Å². The number of para-hydroxylation sites is 4. The van der Waals surface area contributed by atoms with Gasteiger partial charge in [-0.05, 0) is 42.3 Å². The summed E-state index contributed by atoms with van der Waals surface area (Å²) in [4.78, 5) is 69.9. The first-order valence-electron chi connectivity index (χ1n) is 16.5. The Labute approximate surface area is 306 Å². The van der Waals surface area contributed by atoms with E-state index in [0.29, 0.717) is 22.9 Å². The molecule has 0 heterocycles. The number of hydrogen-bond donors (Lipinski definition) is 5. The van der Waals surface area contributed by atoms with Crippen molar-refractivity contribution in [2.24, 2.45) is 0 Å². The number of ketones is 1. The topological polar surface area (TPSA) is 198 Å². The second-order valence-corrected chi connectivity index (χ2v) is 11.5. The number of carbonyl (C=O) groups excluding carboxylic acids is 5. The van der Waals surface area contributed by atoms with Crippen LogP contribution in [0.15, 0.2) is 109 Å². The van der Waals surface area contributed by atoms with Gasteiger partial charge < -0.3 is 40.6 Å². The molecule has 0 aliphatic rings. The highest BCUT2D eigenvalue weighted by atomic mass is 16.5. The lowest BCUT2D eigenvalue weighted by atomic mass is 10.1. The van der Waals surface area contributed by atoms with Crippen LogP contribution in [-0.4, -0.2) is 66.0 Å². The number of Topliss-reactive ketones (excluding diaryl/α,β-unsaturated/α-hetero) is 1. The predicted octanol–water partition coefficient (Wildman–Crippen LogP) is 4.74. The Bertz CT molecular complexity index is 1770. The average molecular weight is 727 g/mol. The number of ether oxygens (including phenoxy) is 3. The number of carboxylic acids is 1. The van der Waals surface area contributed by atoms with Gasteiger partial charge in [0.2, 0.25) is 23.5 Å². The zero-order chi connectivity index (χ0) is 38.6. The van der Waals surface area contributed by atoms with Crippen molar-refractivity contribution >= 4 is 46.9 Å². The molecule has 0 spiro atoms. The molecule has 0 aliphatic carbocycles. The predicted molar refractivity (Wildman–Crippen MR) is 196 cm³/mol. The van der Waals surface area contributed by atoms with Gasteiger partial charge in [-0.1, -0.05) is 84.9 Å². The molecule has 14 heteroatoms. The van der Waals surface area contributed by atoms with Crippen molar-refractivity contribution in [2.45, 2.75) is 45.9 Å². The van der Waals surface area contributed by atoms with Crippen molar-refractivity contribution in [1.82, 2.24) is 10.6 Å². The first-order valence-corrected chi connectivity index (χ1v) is 16.5. The highest BCUT2D eigenvalue weighted by molar-refractivity contribution is 5.91. The van der Waals surface area contributed by atoms with Crippen LogP contribution in [0.2, 0.25) is 0 Å². The van der Waals surface area contributed by atoms with E-state index in [-0.39, 0.29) is 43.8 Å². The Kier molecular flexibility index (Phi) is 16.5. The van der Waals surface area contributed by atoms with E-state index in [0.717, 1.165) is 11.1 Å². The molecular formula is C39H42N4O10. The lowest BCUT2D eigenvalue weighted by Crippen LogP contribution is -2.51. The molecule has 278 valence electrons. The molecule has 0 fully saturated rings. The Hall–Kier alpha value is -6.70. The quantitative estimate of drug-likeness (QED) is 0.107. The van der Waals surface area contributed by atoms with Gasteiger partial charge in [0.15, 0.2) is 13.2 Å². The second kappa shape index (κ2) is 21.5. The average Bonchev–Trinajstić information content (AvgIpc) is 3.13. The van der Waals surface area contributed by atoms with E-state index >= 15 is 0 Å². The van der Waals surface area contributed by atoms with Crippen molar-refractivity contribution in [1.29, 1.82) is 0 Å². The number of amides is 4. The first-order chi connectivity index (χ1) is 25.4. The van der Waals surface area contributed by atoms with E-state index in [9.17, 15) is 28.8 Å². The van der Waals surface area contributed by atoms with Crippen molar-refractivity contribution in [3.8, 4) is 11.5 Å². The van der Waals surface area contributed by atoms with Crippen molar-refractivity contribution in [3.05, 3.63) is 120 Å². The number of rotatable bonds is 16. The van der Waals surface area contributed by atoms with Crippen molar-refractivity contribution in [2.75, 3.05) is 23.8 Å². The number of carboxylic acid groups (broad SMARTS) is 1. The number of carbonyl (C=O) groups is 6. The fourth-order valence-corrected chi connectivity index (χ4v) is 4.47. The van der Waals surface area contributed by atoms with E-state index in [2.05, 4.69) is 21.3 Å². The Morgan fingerprint density at radius 3 is 1.55 bits per heavy atom. The number of benzene rings is 4.